The molecule has 2 N–H and O–H groups in total. The Morgan fingerprint density at radius 1 is 0.903 bits per heavy atom. The van der Waals surface area contributed by atoms with E-state index in [1.807, 2.05) is 0 Å². The van der Waals surface area contributed by atoms with Gasteiger partial charge in [-0.25, -0.2) is 0 Å². The molecular formula is C27H43N3O. The van der Waals surface area contributed by atoms with Crippen LogP contribution < -0.4 is 10.5 Å². The van der Waals surface area contributed by atoms with Crippen molar-refractivity contribution in [2.45, 2.75) is 97.4 Å². The molecule has 0 spiro atoms. The molecule has 172 valence electrons. The van der Waals surface area contributed by atoms with Gasteiger partial charge < -0.3 is 19.9 Å². The molecule has 1 aromatic heterocycles. The van der Waals surface area contributed by atoms with E-state index >= 15 is 0 Å². The molecule has 1 aromatic carbocycles. The number of hydrogen-bond donors (Lipinski definition) is 1. The van der Waals surface area contributed by atoms with Crippen LogP contribution in [0.15, 0.2) is 24.4 Å². The predicted molar refractivity (Wildman–Crippen MR) is 131 cm³/mol. The third-order valence-electron chi connectivity index (χ3n) is 7.79. The zero-order valence-corrected chi connectivity index (χ0v) is 20.3. The molecular weight excluding hydrogens is 382 g/mol. The van der Waals surface area contributed by atoms with Crippen LogP contribution in [0.3, 0.4) is 0 Å². The van der Waals surface area contributed by atoms with Gasteiger partial charge in [0.1, 0.15) is 5.75 Å². The minimum absolute atomic E-state index is 0.0225. The molecule has 4 nitrogen and oxygen atoms in total. The first-order valence-electron chi connectivity index (χ1n) is 12.6. The van der Waals surface area contributed by atoms with Crippen LogP contribution in [0.2, 0.25) is 0 Å². The monoisotopic (exact) mass is 425 g/mol. The summed E-state index contributed by atoms with van der Waals surface area (Å²) in [6.45, 7) is 13.5. The standard InChI is InChI=1S/C27H43N3O/c1-18(2)21-6-8-22(9-7-21)29-14-12-23(13-15-29)30-17-26(20(5)28)25-16-24(31-19(3)4)10-11-27(25)30/h10-11,16-23H,6-9,12-15,28H2,1-5H3/t20?,21-,22+. The normalized spacial score (nSPS) is 24.9. The van der Waals surface area contributed by atoms with Crippen molar-refractivity contribution in [2.75, 3.05) is 13.1 Å². The largest absolute Gasteiger partial charge is 0.491 e. The Labute approximate surface area is 189 Å². The van der Waals surface area contributed by atoms with Crippen molar-refractivity contribution in [1.82, 2.24) is 9.47 Å². The summed E-state index contributed by atoms with van der Waals surface area (Å²) in [5.74, 6) is 2.73. The molecule has 4 heteroatoms. The minimum Gasteiger partial charge on any atom is -0.491 e. The summed E-state index contributed by atoms with van der Waals surface area (Å²) in [7, 11) is 0. The van der Waals surface area contributed by atoms with E-state index in [0.717, 1.165) is 23.6 Å². The van der Waals surface area contributed by atoms with Gasteiger partial charge in [-0.05, 0) is 94.9 Å². The van der Waals surface area contributed by atoms with E-state index in [0.29, 0.717) is 6.04 Å². The highest BCUT2D eigenvalue weighted by Crippen LogP contribution is 2.37. The summed E-state index contributed by atoms with van der Waals surface area (Å²) < 4.78 is 8.47. The first kappa shape index (κ1) is 22.7. The van der Waals surface area contributed by atoms with Gasteiger partial charge in [0, 0.05) is 48.3 Å². The van der Waals surface area contributed by atoms with Crippen molar-refractivity contribution in [2.24, 2.45) is 17.6 Å². The maximum atomic E-state index is 6.36. The summed E-state index contributed by atoms with van der Waals surface area (Å²) in [6.07, 6.45) is 10.6. The maximum absolute atomic E-state index is 6.36. The molecule has 1 unspecified atom stereocenters. The summed E-state index contributed by atoms with van der Waals surface area (Å²) >= 11 is 0. The fraction of sp³-hybridized carbons (Fsp3) is 0.704. The molecule has 1 saturated carbocycles. The number of likely N-dealkylation sites (tertiary alicyclic amines) is 1. The molecule has 2 fully saturated rings. The number of aromatic nitrogens is 1. The van der Waals surface area contributed by atoms with Gasteiger partial charge in [-0.15, -0.1) is 0 Å². The molecule has 31 heavy (non-hydrogen) atoms. The molecule has 0 amide bonds. The van der Waals surface area contributed by atoms with Crippen LogP contribution in [0, 0.1) is 11.8 Å². The lowest BCUT2D eigenvalue weighted by atomic mass is 9.79. The minimum atomic E-state index is 0.0225. The summed E-state index contributed by atoms with van der Waals surface area (Å²) in [4.78, 5) is 2.79. The lowest BCUT2D eigenvalue weighted by Crippen LogP contribution is -2.43. The van der Waals surface area contributed by atoms with Crippen molar-refractivity contribution >= 4 is 10.9 Å². The molecule has 4 rings (SSSR count). The van der Waals surface area contributed by atoms with E-state index in [2.05, 4.69) is 68.5 Å². The van der Waals surface area contributed by atoms with Crippen LogP contribution >= 0.6 is 0 Å². The third-order valence-corrected chi connectivity index (χ3v) is 7.79. The molecule has 0 bridgehead atoms. The lowest BCUT2D eigenvalue weighted by molar-refractivity contribution is 0.0893. The highest BCUT2D eigenvalue weighted by molar-refractivity contribution is 5.86. The maximum Gasteiger partial charge on any atom is 0.120 e. The van der Waals surface area contributed by atoms with Crippen LogP contribution in [0.25, 0.3) is 10.9 Å². The van der Waals surface area contributed by atoms with Gasteiger partial charge in [0.15, 0.2) is 0 Å². The number of rotatable bonds is 6. The molecule has 2 aliphatic rings. The highest BCUT2D eigenvalue weighted by Gasteiger charge is 2.31. The Kier molecular flexibility index (Phi) is 6.98. The number of piperidine rings is 1. The number of nitrogens with zero attached hydrogens (tertiary/aromatic N) is 2. The molecule has 1 saturated heterocycles. The quantitative estimate of drug-likeness (QED) is 0.590. The SMILES string of the molecule is CC(C)Oc1ccc2c(c1)c(C(C)N)cn2C1CCN([C@H]2CC[C@@H](C(C)C)CC2)CC1. The zero-order valence-electron chi connectivity index (χ0n) is 20.3. The Morgan fingerprint density at radius 2 is 1.58 bits per heavy atom. The second-order valence-electron chi connectivity index (χ2n) is 10.7. The Balaban J connectivity index is 1.46. The molecule has 1 aliphatic carbocycles. The smallest absolute Gasteiger partial charge is 0.120 e. The summed E-state index contributed by atoms with van der Waals surface area (Å²) in [5, 5.41) is 1.25. The number of benzene rings is 1. The van der Waals surface area contributed by atoms with Crippen LogP contribution in [-0.2, 0) is 0 Å². The second-order valence-corrected chi connectivity index (χ2v) is 10.7. The van der Waals surface area contributed by atoms with Gasteiger partial charge in [-0.3, -0.25) is 0 Å². The van der Waals surface area contributed by atoms with Crippen LogP contribution in [0.5, 0.6) is 5.75 Å². The fourth-order valence-corrected chi connectivity index (χ4v) is 5.93. The Hall–Kier alpha value is -1.52. The molecule has 2 aromatic rings. The fourth-order valence-electron chi connectivity index (χ4n) is 5.93. The molecule has 1 atom stereocenters. The Morgan fingerprint density at radius 3 is 2.16 bits per heavy atom. The van der Waals surface area contributed by atoms with Crippen molar-refractivity contribution in [3.8, 4) is 5.75 Å². The van der Waals surface area contributed by atoms with E-state index in [1.165, 1.54) is 68.1 Å². The number of fused-ring (bicyclic) bond motifs is 1. The van der Waals surface area contributed by atoms with Gasteiger partial charge in [0.25, 0.3) is 0 Å². The third kappa shape index (κ3) is 4.96. The van der Waals surface area contributed by atoms with Gasteiger partial charge >= 0.3 is 0 Å². The van der Waals surface area contributed by atoms with Crippen molar-refractivity contribution in [1.29, 1.82) is 0 Å². The van der Waals surface area contributed by atoms with Crippen molar-refractivity contribution in [3.05, 3.63) is 30.0 Å². The van der Waals surface area contributed by atoms with E-state index in [1.54, 1.807) is 0 Å². The van der Waals surface area contributed by atoms with Crippen molar-refractivity contribution in [3.63, 3.8) is 0 Å². The first-order valence-corrected chi connectivity index (χ1v) is 12.6. The van der Waals surface area contributed by atoms with Gasteiger partial charge in [-0.2, -0.15) is 0 Å². The van der Waals surface area contributed by atoms with Crippen LogP contribution in [0.4, 0.5) is 0 Å². The van der Waals surface area contributed by atoms with E-state index in [9.17, 15) is 0 Å². The number of ether oxygens (including phenoxy) is 1. The van der Waals surface area contributed by atoms with E-state index < -0.39 is 0 Å². The number of nitrogens with two attached hydrogens (primary N) is 1. The lowest BCUT2D eigenvalue weighted by Gasteiger charge is -2.42. The van der Waals surface area contributed by atoms with Crippen LogP contribution in [0.1, 0.15) is 90.8 Å². The van der Waals surface area contributed by atoms with Crippen molar-refractivity contribution < 1.29 is 4.74 Å². The van der Waals surface area contributed by atoms with Crippen LogP contribution in [-0.4, -0.2) is 34.7 Å². The first-order chi connectivity index (χ1) is 14.8. The molecule has 1 aliphatic heterocycles. The summed E-state index contributed by atoms with van der Waals surface area (Å²) in [5.41, 5.74) is 8.90. The summed E-state index contributed by atoms with van der Waals surface area (Å²) in [6, 6.07) is 7.94. The van der Waals surface area contributed by atoms with E-state index in [4.69, 9.17) is 10.5 Å². The average molecular weight is 426 g/mol. The molecule has 0 radical (unpaired) electrons. The van der Waals surface area contributed by atoms with Gasteiger partial charge in [0.05, 0.1) is 6.10 Å². The second kappa shape index (κ2) is 9.54. The molecule has 2 heterocycles. The Bertz CT molecular complexity index is 853. The predicted octanol–water partition coefficient (Wildman–Crippen LogP) is 6.30. The van der Waals surface area contributed by atoms with Gasteiger partial charge in [-0.1, -0.05) is 13.8 Å². The van der Waals surface area contributed by atoms with E-state index in [-0.39, 0.29) is 12.1 Å². The number of hydrogen-bond acceptors (Lipinski definition) is 3. The average Bonchev–Trinajstić information content (AvgIpc) is 3.12. The highest BCUT2D eigenvalue weighted by atomic mass is 16.5. The topological polar surface area (TPSA) is 43.4 Å². The van der Waals surface area contributed by atoms with Gasteiger partial charge in [0.2, 0.25) is 0 Å². The zero-order chi connectivity index (χ0) is 22.1.